The fourth-order valence-electron chi connectivity index (χ4n) is 1.88. The molecule has 0 amide bonds. The summed E-state index contributed by atoms with van der Waals surface area (Å²) in [5.74, 6) is 0.475. The number of aliphatic hydroxyl groups excluding tert-OH is 1. The van der Waals surface area contributed by atoms with Gasteiger partial charge >= 0.3 is 0 Å². The van der Waals surface area contributed by atoms with Gasteiger partial charge in [0.1, 0.15) is 0 Å². The maximum Gasteiger partial charge on any atom is 0.169 e. The van der Waals surface area contributed by atoms with Gasteiger partial charge in [-0.3, -0.25) is 0 Å². The summed E-state index contributed by atoms with van der Waals surface area (Å²) in [5.41, 5.74) is 0.520. The summed E-state index contributed by atoms with van der Waals surface area (Å²) in [6.07, 6.45) is 1.02. The Bertz CT molecular complexity index is 406. The third kappa shape index (κ3) is 2.29. The van der Waals surface area contributed by atoms with Gasteiger partial charge in [0, 0.05) is 31.1 Å². The number of aliphatic hydroxyl groups is 1. The van der Waals surface area contributed by atoms with Gasteiger partial charge in [0.05, 0.1) is 20.3 Å². The zero-order valence-electron chi connectivity index (χ0n) is 9.66. The van der Waals surface area contributed by atoms with Crippen molar-refractivity contribution in [1.29, 1.82) is 0 Å². The number of rotatable bonds is 3. The van der Waals surface area contributed by atoms with Gasteiger partial charge in [-0.05, 0) is 0 Å². The number of ether oxygens (including phenoxy) is 3. The topological polar surface area (TPSA) is 47.9 Å². The minimum Gasteiger partial charge on any atom is -0.493 e. The van der Waals surface area contributed by atoms with E-state index >= 15 is 0 Å². The van der Waals surface area contributed by atoms with Gasteiger partial charge in [-0.15, -0.1) is 0 Å². The van der Waals surface area contributed by atoms with Crippen molar-refractivity contribution in [2.24, 2.45) is 0 Å². The summed E-state index contributed by atoms with van der Waals surface area (Å²) >= 11 is 0. The minimum absolute atomic E-state index is 0.102. The zero-order valence-corrected chi connectivity index (χ0v) is 9.66. The number of halogens is 1. The van der Waals surface area contributed by atoms with E-state index in [-0.39, 0.29) is 18.8 Å². The van der Waals surface area contributed by atoms with E-state index in [0.717, 1.165) is 6.42 Å². The van der Waals surface area contributed by atoms with E-state index in [1.165, 1.54) is 13.2 Å². The molecule has 17 heavy (non-hydrogen) atoms. The third-order valence-electron chi connectivity index (χ3n) is 2.61. The van der Waals surface area contributed by atoms with Gasteiger partial charge in [-0.2, -0.15) is 0 Å². The van der Waals surface area contributed by atoms with Gasteiger partial charge in [0.15, 0.2) is 23.1 Å². The first-order valence-corrected chi connectivity index (χ1v) is 5.53. The highest BCUT2D eigenvalue weighted by Crippen LogP contribution is 2.41. The fraction of sp³-hybridized carbons (Fsp3) is 0.500. The third-order valence-corrected chi connectivity index (χ3v) is 2.61. The first-order chi connectivity index (χ1) is 8.27. The Morgan fingerprint density at radius 1 is 1.41 bits per heavy atom. The molecule has 1 heterocycles. The lowest BCUT2D eigenvalue weighted by Gasteiger charge is -2.16. The largest absolute Gasteiger partial charge is 0.493 e. The van der Waals surface area contributed by atoms with Crippen LogP contribution in [0.2, 0.25) is 0 Å². The van der Waals surface area contributed by atoms with Crippen LogP contribution in [0.4, 0.5) is 4.39 Å². The molecule has 0 unspecified atom stereocenters. The molecule has 1 aromatic carbocycles. The highest BCUT2D eigenvalue weighted by molar-refractivity contribution is 5.55. The van der Waals surface area contributed by atoms with Crippen molar-refractivity contribution in [3.05, 3.63) is 17.4 Å². The average Bonchev–Trinajstić information content (AvgIpc) is 2.54. The summed E-state index contributed by atoms with van der Waals surface area (Å²) in [6, 6.07) is 1.26. The van der Waals surface area contributed by atoms with Crippen molar-refractivity contribution in [2.75, 3.05) is 26.9 Å². The van der Waals surface area contributed by atoms with E-state index in [4.69, 9.17) is 19.3 Å². The molecule has 2 rings (SSSR count). The Morgan fingerprint density at radius 2 is 2.18 bits per heavy atom. The number of hydrogen-bond donors (Lipinski definition) is 1. The number of methoxy groups -OCH3 is 1. The maximum atomic E-state index is 13.8. The molecule has 1 aliphatic rings. The Kier molecular flexibility index (Phi) is 3.68. The lowest BCUT2D eigenvalue weighted by atomic mass is 10.1. The number of hydrogen-bond acceptors (Lipinski definition) is 4. The van der Waals surface area contributed by atoms with Crippen molar-refractivity contribution in [3.8, 4) is 17.2 Å². The smallest absolute Gasteiger partial charge is 0.169 e. The van der Waals surface area contributed by atoms with Crippen LogP contribution < -0.4 is 14.2 Å². The molecule has 0 aromatic heterocycles. The molecule has 1 N–H and O–H groups in total. The number of fused-ring (bicyclic) bond motifs is 1. The van der Waals surface area contributed by atoms with Crippen LogP contribution in [0.3, 0.4) is 0 Å². The van der Waals surface area contributed by atoms with Crippen LogP contribution in [-0.2, 0) is 6.42 Å². The summed E-state index contributed by atoms with van der Waals surface area (Å²) in [6.45, 7) is 0.910. The molecule has 4 nitrogen and oxygen atoms in total. The molecule has 0 saturated carbocycles. The van der Waals surface area contributed by atoms with E-state index < -0.39 is 5.82 Å². The van der Waals surface area contributed by atoms with E-state index in [9.17, 15) is 4.39 Å². The molecule has 0 saturated heterocycles. The van der Waals surface area contributed by atoms with Crippen molar-refractivity contribution >= 4 is 0 Å². The molecule has 0 radical (unpaired) electrons. The second kappa shape index (κ2) is 5.23. The molecule has 0 spiro atoms. The second-order valence-electron chi connectivity index (χ2n) is 3.72. The monoisotopic (exact) mass is 242 g/mol. The van der Waals surface area contributed by atoms with Crippen LogP contribution in [0.15, 0.2) is 6.07 Å². The van der Waals surface area contributed by atoms with Crippen molar-refractivity contribution < 1.29 is 23.7 Å². The fourth-order valence-corrected chi connectivity index (χ4v) is 1.88. The molecule has 0 fully saturated rings. The Balaban J connectivity index is 2.53. The van der Waals surface area contributed by atoms with Gasteiger partial charge in [-0.25, -0.2) is 4.39 Å². The lowest BCUT2D eigenvalue weighted by Crippen LogP contribution is -2.04. The Hall–Kier alpha value is -1.49. The predicted octanol–water partition coefficient (Wildman–Crippen LogP) is 1.53. The SMILES string of the molecule is COc1c(F)cc2c(c1CCO)OCCCO2. The van der Waals surface area contributed by atoms with E-state index in [2.05, 4.69) is 0 Å². The standard InChI is InChI=1S/C12H15FO4/c1-15-11-8(3-4-14)12-10(7-9(11)13)16-5-2-6-17-12/h7,14H,2-6H2,1H3. The van der Waals surface area contributed by atoms with E-state index in [1.54, 1.807) is 0 Å². The van der Waals surface area contributed by atoms with Gasteiger partial charge in [0.25, 0.3) is 0 Å². The van der Waals surface area contributed by atoms with Gasteiger partial charge in [0.2, 0.25) is 0 Å². The predicted molar refractivity (Wildman–Crippen MR) is 59.3 cm³/mol. The molecule has 0 atom stereocenters. The van der Waals surface area contributed by atoms with Gasteiger partial charge in [-0.1, -0.05) is 0 Å². The Labute approximate surface area is 98.9 Å². The van der Waals surface area contributed by atoms with Crippen LogP contribution in [0, 0.1) is 5.82 Å². The molecule has 0 aliphatic carbocycles. The van der Waals surface area contributed by atoms with Crippen LogP contribution in [-0.4, -0.2) is 32.0 Å². The molecule has 1 aliphatic heterocycles. The molecular formula is C12H15FO4. The van der Waals surface area contributed by atoms with Crippen LogP contribution in [0.25, 0.3) is 0 Å². The van der Waals surface area contributed by atoms with Crippen molar-refractivity contribution in [1.82, 2.24) is 0 Å². The summed E-state index contributed by atoms with van der Waals surface area (Å²) in [4.78, 5) is 0. The zero-order chi connectivity index (χ0) is 12.3. The highest BCUT2D eigenvalue weighted by atomic mass is 19.1. The highest BCUT2D eigenvalue weighted by Gasteiger charge is 2.22. The molecule has 5 heteroatoms. The van der Waals surface area contributed by atoms with Crippen LogP contribution >= 0.6 is 0 Å². The minimum atomic E-state index is -0.500. The Morgan fingerprint density at radius 3 is 2.88 bits per heavy atom. The summed E-state index contributed by atoms with van der Waals surface area (Å²) < 4.78 is 29.7. The first kappa shape index (κ1) is 12.0. The average molecular weight is 242 g/mol. The molecule has 1 aromatic rings. The van der Waals surface area contributed by atoms with Crippen molar-refractivity contribution in [2.45, 2.75) is 12.8 Å². The normalized spacial score (nSPS) is 14.3. The maximum absolute atomic E-state index is 13.8. The number of benzene rings is 1. The summed E-state index contributed by atoms with van der Waals surface area (Å²) in [5, 5.41) is 9.03. The van der Waals surface area contributed by atoms with Crippen molar-refractivity contribution in [3.63, 3.8) is 0 Å². The molecule has 0 bridgehead atoms. The van der Waals surface area contributed by atoms with Gasteiger partial charge < -0.3 is 19.3 Å². The quantitative estimate of drug-likeness (QED) is 0.873. The summed E-state index contributed by atoms with van der Waals surface area (Å²) in [7, 11) is 1.39. The van der Waals surface area contributed by atoms with Crippen LogP contribution in [0.1, 0.15) is 12.0 Å². The lowest BCUT2D eigenvalue weighted by molar-refractivity contribution is 0.282. The van der Waals surface area contributed by atoms with Crippen LogP contribution in [0.5, 0.6) is 17.2 Å². The molecular weight excluding hydrogens is 227 g/mol. The van der Waals surface area contributed by atoms with E-state index in [0.29, 0.717) is 30.3 Å². The second-order valence-corrected chi connectivity index (χ2v) is 3.72. The molecule has 94 valence electrons. The van der Waals surface area contributed by atoms with E-state index in [1.807, 2.05) is 0 Å². The first-order valence-electron chi connectivity index (χ1n) is 5.53.